The summed E-state index contributed by atoms with van der Waals surface area (Å²) in [5.74, 6) is -1.12. The van der Waals surface area contributed by atoms with Gasteiger partial charge in [-0.1, -0.05) is 0 Å². The predicted molar refractivity (Wildman–Crippen MR) is 62.0 cm³/mol. The quantitative estimate of drug-likeness (QED) is 0.572. The van der Waals surface area contributed by atoms with Gasteiger partial charge in [0, 0.05) is 13.0 Å². The van der Waals surface area contributed by atoms with E-state index in [1.165, 1.54) is 6.07 Å². The van der Waals surface area contributed by atoms with Gasteiger partial charge in [-0.25, -0.2) is 0 Å². The number of unbranched alkanes of at least 4 members (excludes halogenated alkanes) is 1. The summed E-state index contributed by atoms with van der Waals surface area (Å²) >= 11 is 0. The van der Waals surface area contributed by atoms with Crippen LogP contribution in [0.4, 0.5) is 13.2 Å². The molecule has 19 heavy (non-hydrogen) atoms. The number of hydrogen-bond donors (Lipinski definition) is 3. The summed E-state index contributed by atoms with van der Waals surface area (Å²) in [5.41, 5.74) is -0.115. The third-order valence-electron chi connectivity index (χ3n) is 2.40. The van der Waals surface area contributed by atoms with Crippen LogP contribution in [0.15, 0.2) is 18.2 Å². The van der Waals surface area contributed by atoms with E-state index in [1.54, 1.807) is 0 Å². The Labute approximate surface area is 107 Å². The molecule has 0 aliphatic carbocycles. The lowest BCUT2D eigenvalue weighted by Gasteiger charge is -2.08. The summed E-state index contributed by atoms with van der Waals surface area (Å²) in [7, 11) is 0. The Morgan fingerprint density at radius 2 is 1.89 bits per heavy atom. The first kappa shape index (κ1) is 15.1. The monoisotopic (exact) mass is 277 g/mol. The van der Waals surface area contributed by atoms with Gasteiger partial charge < -0.3 is 15.5 Å². The van der Waals surface area contributed by atoms with Crippen LogP contribution in [0.3, 0.4) is 0 Å². The fourth-order valence-corrected chi connectivity index (χ4v) is 1.45. The van der Waals surface area contributed by atoms with Crippen molar-refractivity contribution in [3.63, 3.8) is 0 Å². The number of alkyl halides is 3. The van der Waals surface area contributed by atoms with Gasteiger partial charge in [0.1, 0.15) is 11.5 Å². The molecule has 0 spiro atoms. The number of aromatic hydroxyl groups is 2. The number of rotatable bonds is 5. The summed E-state index contributed by atoms with van der Waals surface area (Å²) in [6.07, 6.45) is -4.96. The first-order valence-corrected chi connectivity index (χ1v) is 5.66. The minimum Gasteiger partial charge on any atom is -0.508 e. The van der Waals surface area contributed by atoms with E-state index in [4.69, 9.17) is 5.11 Å². The largest absolute Gasteiger partial charge is 0.508 e. The standard InChI is InChI=1S/C12H14F3NO3/c13-12(14,15)5-1-2-6-16-11(19)9-7-8(17)3-4-10(9)18/h3-4,7,17-18H,1-2,5-6H2,(H,16,19). The molecule has 4 nitrogen and oxygen atoms in total. The minimum absolute atomic E-state index is 0.0734. The molecule has 0 fully saturated rings. The molecule has 0 saturated heterocycles. The molecule has 1 aromatic rings. The van der Waals surface area contributed by atoms with E-state index >= 15 is 0 Å². The van der Waals surface area contributed by atoms with Gasteiger partial charge in [-0.2, -0.15) is 13.2 Å². The van der Waals surface area contributed by atoms with E-state index in [0.717, 1.165) is 12.1 Å². The lowest BCUT2D eigenvalue weighted by Crippen LogP contribution is -2.24. The molecular formula is C12H14F3NO3. The zero-order chi connectivity index (χ0) is 14.5. The summed E-state index contributed by atoms with van der Waals surface area (Å²) in [5, 5.41) is 20.9. The Hall–Kier alpha value is -1.92. The van der Waals surface area contributed by atoms with Crippen molar-refractivity contribution in [2.24, 2.45) is 0 Å². The number of carbonyl (C=O) groups is 1. The molecule has 0 aliphatic heterocycles. The van der Waals surface area contributed by atoms with Crippen molar-refractivity contribution in [2.45, 2.75) is 25.4 Å². The smallest absolute Gasteiger partial charge is 0.389 e. The van der Waals surface area contributed by atoms with Gasteiger partial charge in [-0.05, 0) is 31.0 Å². The molecule has 0 bridgehead atoms. The molecule has 7 heteroatoms. The Balaban J connectivity index is 2.38. The van der Waals surface area contributed by atoms with Gasteiger partial charge in [-0.3, -0.25) is 4.79 Å². The third-order valence-corrected chi connectivity index (χ3v) is 2.40. The highest BCUT2D eigenvalue weighted by Gasteiger charge is 2.25. The maximum Gasteiger partial charge on any atom is 0.389 e. The van der Waals surface area contributed by atoms with Crippen LogP contribution in [-0.4, -0.2) is 28.8 Å². The molecule has 0 radical (unpaired) electrons. The predicted octanol–water partition coefficient (Wildman–Crippen LogP) is 2.56. The van der Waals surface area contributed by atoms with Crippen molar-refractivity contribution < 1.29 is 28.2 Å². The maximum atomic E-state index is 11.9. The highest BCUT2D eigenvalue weighted by atomic mass is 19.4. The first-order chi connectivity index (χ1) is 8.79. The van der Waals surface area contributed by atoms with E-state index < -0.39 is 18.5 Å². The molecule has 1 rings (SSSR count). The molecule has 0 aromatic heterocycles. The second-order valence-electron chi connectivity index (χ2n) is 4.03. The summed E-state index contributed by atoms with van der Waals surface area (Å²) in [4.78, 5) is 11.6. The maximum absolute atomic E-state index is 11.9. The van der Waals surface area contributed by atoms with Crippen molar-refractivity contribution in [3.8, 4) is 11.5 Å². The first-order valence-electron chi connectivity index (χ1n) is 5.66. The number of hydrogen-bond acceptors (Lipinski definition) is 3. The van der Waals surface area contributed by atoms with Crippen molar-refractivity contribution >= 4 is 5.91 Å². The van der Waals surface area contributed by atoms with Gasteiger partial charge in [0.2, 0.25) is 0 Å². The number of benzene rings is 1. The van der Waals surface area contributed by atoms with E-state index in [9.17, 15) is 23.1 Å². The second kappa shape index (κ2) is 6.31. The molecule has 0 saturated carbocycles. The molecule has 0 atom stereocenters. The number of amides is 1. The highest BCUT2D eigenvalue weighted by Crippen LogP contribution is 2.23. The molecule has 0 aliphatic rings. The van der Waals surface area contributed by atoms with Gasteiger partial charge in [0.05, 0.1) is 5.56 Å². The molecule has 1 amide bonds. The summed E-state index contributed by atoms with van der Waals surface area (Å²) < 4.78 is 35.6. The number of phenolic OH excluding ortho intramolecular Hbond substituents is 2. The van der Waals surface area contributed by atoms with E-state index in [-0.39, 0.29) is 36.4 Å². The van der Waals surface area contributed by atoms with E-state index in [2.05, 4.69) is 5.32 Å². The average molecular weight is 277 g/mol. The van der Waals surface area contributed by atoms with Crippen molar-refractivity contribution in [1.29, 1.82) is 0 Å². The van der Waals surface area contributed by atoms with Gasteiger partial charge in [-0.15, -0.1) is 0 Å². The van der Waals surface area contributed by atoms with Crippen LogP contribution in [-0.2, 0) is 0 Å². The highest BCUT2D eigenvalue weighted by molar-refractivity contribution is 5.97. The molecule has 1 aromatic carbocycles. The number of carbonyl (C=O) groups excluding carboxylic acids is 1. The van der Waals surface area contributed by atoms with Crippen molar-refractivity contribution in [3.05, 3.63) is 23.8 Å². The van der Waals surface area contributed by atoms with Gasteiger partial charge >= 0.3 is 6.18 Å². The normalized spacial score (nSPS) is 11.3. The second-order valence-corrected chi connectivity index (χ2v) is 4.03. The van der Waals surface area contributed by atoms with Crippen LogP contribution in [0.25, 0.3) is 0 Å². The van der Waals surface area contributed by atoms with Crippen LogP contribution >= 0.6 is 0 Å². The molecule has 106 valence electrons. The molecule has 0 unspecified atom stereocenters. The van der Waals surface area contributed by atoms with Gasteiger partial charge in [0.15, 0.2) is 0 Å². The topological polar surface area (TPSA) is 69.6 Å². The number of halogens is 3. The van der Waals surface area contributed by atoms with Crippen LogP contribution in [0.2, 0.25) is 0 Å². The fourth-order valence-electron chi connectivity index (χ4n) is 1.45. The SMILES string of the molecule is O=C(NCCCCC(F)(F)F)c1cc(O)ccc1O. The molecular weight excluding hydrogens is 263 g/mol. The minimum atomic E-state index is -4.19. The summed E-state index contributed by atoms with van der Waals surface area (Å²) in [6.45, 7) is 0.0734. The van der Waals surface area contributed by atoms with Crippen LogP contribution in [0.1, 0.15) is 29.6 Å². The fraction of sp³-hybridized carbons (Fsp3) is 0.417. The number of phenols is 2. The summed E-state index contributed by atoms with van der Waals surface area (Å²) in [6, 6.07) is 3.46. The van der Waals surface area contributed by atoms with Crippen LogP contribution in [0, 0.1) is 0 Å². The van der Waals surface area contributed by atoms with E-state index in [1.807, 2.05) is 0 Å². The molecule has 3 N–H and O–H groups in total. The average Bonchev–Trinajstić information content (AvgIpc) is 2.30. The zero-order valence-electron chi connectivity index (χ0n) is 10.00. The lowest BCUT2D eigenvalue weighted by molar-refractivity contribution is -0.135. The third kappa shape index (κ3) is 5.50. The van der Waals surface area contributed by atoms with Crippen molar-refractivity contribution in [2.75, 3.05) is 6.54 Å². The molecule has 0 heterocycles. The zero-order valence-corrected chi connectivity index (χ0v) is 10.00. The Morgan fingerprint density at radius 3 is 2.53 bits per heavy atom. The van der Waals surface area contributed by atoms with Crippen molar-refractivity contribution in [1.82, 2.24) is 5.32 Å². The Morgan fingerprint density at radius 1 is 1.21 bits per heavy atom. The number of nitrogens with one attached hydrogen (secondary N) is 1. The van der Waals surface area contributed by atoms with Gasteiger partial charge in [0.25, 0.3) is 5.91 Å². The van der Waals surface area contributed by atoms with Crippen LogP contribution in [0.5, 0.6) is 11.5 Å². The lowest BCUT2D eigenvalue weighted by atomic mass is 10.1. The van der Waals surface area contributed by atoms with Crippen LogP contribution < -0.4 is 5.32 Å². The van der Waals surface area contributed by atoms with E-state index in [0.29, 0.717) is 0 Å². The Bertz CT molecular complexity index is 446. The Kier molecular flexibility index (Phi) is 5.02.